The van der Waals surface area contributed by atoms with Crippen LogP contribution in [0.15, 0.2) is 59.7 Å². The maximum Gasteiger partial charge on any atom is 0.269 e. The minimum Gasteiger partial charge on any atom is -0.309 e. The second-order valence-electron chi connectivity index (χ2n) is 5.39. The highest BCUT2D eigenvalue weighted by Gasteiger charge is 2.06. The molecule has 0 aliphatic rings. The number of hydrogen-bond donors (Lipinski definition) is 1. The summed E-state index contributed by atoms with van der Waals surface area (Å²) in [5.74, 6) is 0. The molecule has 2 aromatic carbocycles. The first-order chi connectivity index (χ1) is 11.1. The van der Waals surface area contributed by atoms with Crippen LogP contribution in [-0.2, 0) is 0 Å². The predicted octanol–water partition coefficient (Wildman–Crippen LogP) is 3.78. The third-order valence-electron chi connectivity index (χ3n) is 3.30. The Morgan fingerprint density at radius 3 is 2.29 bits per heavy atom. The van der Waals surface area contributed by atoms with Gasteiger partial charge in [-0.3, -0.25) is 15.5 Å². The van der Waals surface area contributed by atoms with Crippen molar-refractivity contribution in [2.45, 2.75) is 6.42 Å². The molecule has 24 heavy (non-hydrogen) atoms. The van der Waals surface area contributed by atoms with Crippen molar-refractivity contribution in [3.8, 4) is 0 Å². The molecule has 0 saturated carbocycles. The largest absolute Gasteiger partial charge is 0.309 e. The fourth-order valence-electron chi connectivity index (χ4n) is 2.01. The summed E-state index contributed by atoms with van der Waals surface area (Å²) in [6.07, 6.45) is 0.803. The summed E-state index contributed by atoms with van der Waals surface area (Å²) in [5.41, 5.74) is 5.76. The molecule has 0 atom stereocenters. The zero-order valence-corrected chi connectivity index (χ0v) is 14.5. The third kappa shape index (κ3) is 5.98. The SMILES string of the molecule is CN(C)CC/C(=N\Nc1ccc([N+](=O)[O-])cc1)c1ccccc1.Cl. The van der Waals surface area contributed by atoms with Crippen LogP contribution in [0.1, 0.15) is 12.0 Å². The summed E-state index contributed by atoms with van der Waals surface area (Å²) >= 11 is 0. The minimum atomic E-state index is -0.417. The van der Waals surface area contributed by atoms with Crippen LogP contribution < -0.4 is 5.43 Å². The van der Waals surface area contributed by atoms with Crippen LogP contribution in [0, 0.1) is 10.1 Å². The highest BCUT2D eigenvalue weighted by atomic mass is 35.5. The van der Waals surface area contributed by atoms with Crippen LogP contribution in [0.25, 0.3) is 0 Å². The first kappa shape index (κ1) is 19.6. The molecule has 0 radical (unpaired) electrons. The van der Waals surface area contributed by atoms with Crippen LogP contribution in [0.2, 0.25) is 0 Å². The van der Waals surface area contributed by atoms with Crippen molar-refractivity contribution in [2.75, 3.05) is 26.1 Å². The minimum absolute atomic E-state index is 0. The van der Waals surface area contributed by atoms with Crippen molar-refractivity contribution in [3.63, 3.8) is 0 Å². The molecule has 0 bridgehead atoms. The summed E-state index contributed by atoms with van der Waals surface area (Å²) in [5, 5.41) is 15.1. The van der Waals surface area contributed by atoms with Gasteiger partial charge in [-0.15, -0.1) is 12.4 Å². The summed E-state index contributed by atoms with van der Waals surface area (Å²) < 4.78 is 0. The van der Waals surface area contributed by atoms with Crippen molar-refractivity contribution in [3.05, 3.63) is 70.3 Å². The van der Waals surface area contributed by atoms with E-state index in [-0.39, 0.29) is 18.1 Å². The lowest BCUT2D eigenvalue weighted by Crippen LogP contribution is -2.18. The Labute approximate surface area is 147 Å². The zero-order valence-electron chi connectivity index (χ0n) is 13.7. The number of anilines is 1. The molecule has 0 aliphatic carbocycles. The van der Waals surface area contributed by atoms with Crippen molar-refractivity contribution in [1.82, 2.24) is 4.90 Å². The van der Waals surface area contributed by atoms with E-state index in [4.69, 9.17) is 0 Å². The lowest BCUT2D eigenvalue weighted by Gasteiger charge is -2.12. The van der Waals surface area contributed by atoms with Crippen LogP contribution in [0.3, 0.4) is 0 Å². The van der Waals surface area contributed by atoms with Gasteiger partial charge in [-0.2, -0.15) is 5.10 Å². The van der Waals surface area contributed by atoms with Crippen LogP contribution in [0.5, 0.6) is 0 Å². The molecule has 0 spiro atoms. The molecule has 0 saturated heterocycles. The van der Waals surface area contributed by atoms with Gasteiger partial charge in [-0.05, 0) is 31.8 Å². The zero-order chi connectivity index (χ0) is 16.7. The van der Waals surface area contributed by atoms with E-state index in [1.54, 1.807) is 12.1 Å². The quantitative estimate of drug-likeness (QED) is 0.469. The summed E-state index contributed by atoms with van der Waals surface area (Å²) in [6.45, 7) is 0.885. The van der Waals surface area contributed by atoms with Crippen LogP contribution in [0.4, 0.5) is 11.4 Å². The maximum atomic E-state index is 10.7. The van der Waals surface area contributed by atoms with Crippen molar-refractivity contribution < 1.29 is 4.92 Å². The molecule has 0 amide bonds. The van der Waals surface area contributed by atoms with Gasteiger partial charge in [0, 0.05) is 25.1 Å². The number of nitrogens with one attached hydrogen (secondary N) is 1. The lowest BCUT2D eigenvalue weighted by molar-refractivity contribution is -0.384. The second-order valence-corrected chi connectivity index (χ2v) is 5.39. The Morgan fingerprint density at radius 1 is 1.12 bits per heavy atom. The Bertz CT molecular complexity index is 673. The first-order valence-electron chi connectivity index (χ1n) is 7.33. The average molecular weight is 349 g/mol. The molecule has 0 heterocycles. The molecule has 1 N–H and O–H groups in total. The number of nitro groups is 1. The van der Waals surface area contributed by atoms with Crippen molar-refractivity contribution >= 4 is 29.5 Å². The fraction of sp³-hybridized carbons (Fsp3) is 0.235. The molecule has 0 fully saturated rings. The van der Waals surface area contributed by atoms with Gasteiger partial charge in [0.15, 0.2) is 0 Å². The summed E-state index contributed by atoms with van der Waals surface area (Å²) in [7, 11) is 4.04. The molecular weight excluding hydrogens is 328 g/mol. The van der Waals surface area contributed by atoms with E-state index >= 15 is 0 Å². The molecule has 2 aromatic rings. The molecule has 0 unspecified atom stereocenters. The van der Waals surface area contributed by atoms with Gasteiger partial charge >= 0.3 is 0 Å². The van der Waals surface area contributed by atoms with Gasteiger partial charge in [0.1, 0.15) is 0 Å². The highest BCUT2D eigenvalue weighted by molar-refractivity contribution is 6.01. The normalized spacial score (nSPS) is 11.0. The van der Waals surface area contributed by atoms with Crippen molar-refractivity contribution in [2.24, 2.45) is 5.10 Å². The number of rotatable bonds is 7. The monoisotopic (exact) mass is 348 g/mol. The van der Waals surface area contributed by atoms with Crippen molar-refractivity contribution in [1.29, 1.82) is 0 Å². The average Bonchev–Trinajstić information content (AvgIpc) is 2.56. The van der Waals surface area contributed by atoms with E-state index in [9.17, 15) is 10.1 Å². The van der Waals surface area contributed by atoms with E-state index in [0.717, 1.165) is 24.2 Å². The molecule has 6 nitrogen and oxygen atoms in total. The van der Waals surface area contributed by atoms with E-state index < -0.39 is 4.92 Å². The highest BCUT2D eigenvalue weighted by Crippen LogP contribution is 2.16. The Hall–Kier alpha value is -2.44. The van der Waals surface area contributed by atoms with E-state index in [1.807, 2.05) is 44.4 Å². The molecule has 0 aromatic heterocycles. The van der Waals surface area contributed by atoms with E-state index in [0.29, 0.717) is 5.69 Å². The summed E-state index contributed by atoms with van der Waals surface area (Å²) in [4.78, 5) is 12.3. The Kier molecular flexibility index (Phi) is 7.88. The molecule has 7 heteroatoms. The number of benzene rings is 2. The van der Waals surface area contributed by atoms with Gasteiger partial charge in [0.05, 0.1) is 16.3 Å². The number of non-ortho nitro benzene ring substituents is 1. The van der Waals surface area contributed by atoms with Crippen LogP contribution in [-0.4, -0.2) is 36.2 Å². The predicted molar refractivity (Wildman–Crippen MR) is 100 cm³/mol. The Balaban J connectivity index is 0.00000288. The van der Waals surface area contributed by atoms with E-state index in [2.05, 4.69) is 15.4 Å². The first-order valence-corrected chi connectivity index (χ1v) is 7.33. The second kappa shape index (κ2) is 9.64. The number of hydrogen-bond acceptors (Lipinski definition) is 5. The van der Waals surface area contributed by atoms with Gasteiger partial charge in [-0.25, -0.2) is 0 Å². The molecule has 2 rings (SSSR count). The van der Waals surface area contributed by atoms with Gasteiger partial charge in [0.25, 0.3) is 5.69 Å². The topological polar surface area (TPSA) is 70.8 Å². The lowest BCUT2D eigenvalue weighted by atomic mass is 10.1. The number of nitrogens with zero attached hydrogens (tertiary/aromatic N) is 3. The third-order valence-corrected chi connectivity index (χ3v) is 3.30. The fourth-order valence-corrected chi connectivity index (χ4v) is 2.01. The summed E-state index contributed by atoms with van der Waals surface area (Å²) in [6, 6.07) is 16.2. The Morgan fingerprint density at radius 2 is 1.75 bits per heavy atom. The molecule has 128 valence electrons. The van der Waals surface area contributed by atoms with Gasteiger partial charge in [0.2, 0.25) is 0 Å². The maximum absolute atomic E-state index is 10.7. The van der Waals surface area contributed by atoms with Gasteiger partial charge in [-0.1, -0.05) is 30.3 Å². The number of hydrazone groups is 1. The number of halogens is 1. The number of nitro benzene ring substituents is 1. The smallest absolute Gasteiger partial charge is 0.269 e. The van der Waals surface area contributed by atoms with E-state index in [1.165, 1.54) is 12.1 Å². The molecule has 0 aliphatic heterocycles. The standard InChI is InChI=1S/C17H20N4O2.ClH/c1-20(2)13-12-17(14-6-4-3-5-7-14)19-18-15-8-10-16(11-9-15)21(22)23;/h3-11,18H,12-13H2,1-2H3;1H/b19-17+;. The van der Waals surface area contributed by atoms with Gasteiger partial charge < -0.3 is 4.90 Å². The van der Waals surface area contributed by atoms with Crippen LogP contribution >= 0.6 is 12.4 Å². The molecular formula is C17H21ClN4O2.